The molecule has 1 saturated heterocycles. The lowest BCUT2D eigenvalue weighted by Gasteiger charge is -2.34. The number of nitrogens with zero attached hydrogens (tertiary/aromatic N) is 1. The Morgan fingerprint density at radius 2 is 2.35 bits per heavy atom. The van der Waals surface area contributed by atoms with Gasteiger partial charge >= 0.3 is 0 Å². The van der Waals surface area contributed by atoms with E-state index < -0.39 is 5.82 Å². The van der Waals surface area contributed by atoms with E-state index in [9.17, 15) is 14.3 Å². The number of halogens is 2. The van der Waals surface area contributed by atoms with Crippen molar-refractivity contribution in [2.75, 3.05) is 19.7 Å². The molecule has 2 unspecified atom stereocenters. The van der Waals surface area contributed by atoms with Crippen LogP contribution in [0, 0.1) is 11.7 Å². The number of amides is 1. The zero-order chi connectivity index (χ0) is 14.7. The highest BCUT2D eigenvalue weighted by Crippen LogP contribution is 2.22. The van der Waals surface area contributed by atoms with Crippen molar-refractivity contribution in [3.05, 3.63) is 28.5 Å². The van der Waals surface area contributed by atoms with Crippen LogP contribution < -0.4 is 4.74 Å². The van der Waals surface area contributed by atoms with Crippen molar-refractivity contribution in [3.8, 4) is 5.75 Å². The highest BCUT2D eigenvalue weighted by Gasteiger charge is 2.27. The molecule has 0 radical (unpaired) electrons. The van der Waals surface area contributed by atoms with Crippen LogP contribution in [0.15, 0.2) is 22.7 Å². The molecule has 1 aromatic rings. The van der Waals surface area contributed by atoms with Gasteiger partial charge < -0.3 is 14.7 Å². The summed E-state index contributed by atoms with van der Waals surface area (Å²) < 4.78 is 19.4. The monoisotopic (exact) mass is 345 g/mol. The molecular formula is C14H17BrFNO3. The number of ether oxygens (including phenoxy) is 1. The highest BCUT2D eigenvalue weighted by molar-refractivity contribution is 9.10. The Morgan fingerprint density at radius 1 is 1.60 bits per heavy atom. The molecule has 1 fully saturated rings. The number of piperidine rings is 1. The van der Waals surface area contributed by atoms with E-state index in [1.165, 1.54) is 12.1 Å². The van der Waals surface area contributed by atoms with Gasteiger partial charge in [0.2, 0.25) is 0 Å². The lowest BCUT2D eigenvalue weighted by Crippen LogP contribution is -2.46. The smallest absolute Gasteiger partial charge is 0.260 e. The van der Waals surface area contributed by atoms with Crippen LogP contribution in [-0.4, -0.2) is 41.7 Å². The number of likely N-dealkylation sites (tertiary alicyclic amines) is 1. The second kappa shape index (κ2) is 6.54. The van der Waals surface area contributed by atoms with Gasteiger partial charge in [0, 0.05) is 17.6 Å². The number of aliphatic hydroxyl groups excluding tert-OH is 1. The van der Waals surface area contributed by atoms with Crippen LogP contribution in [0.1, 0.15) is 13.3 Å². The van der Waals surface area contributed by atoms with Crippen LogP contribution in [0.2, 0.25) is 0 Å². The van der Waals surface area contributed by atoms with Gasteiger partial charge in [-0.1, -0.05) is 22.9 Å². The van der Waals surface area contributed by atoms with Crippen molar-refractivity contribution in [1.82, 2.24) is 4.90 Å². The molecule has 0 aliphatic carbocycles. The van der Waals surface area contributed by atoms with Crippen molar-refractivity contribution in [2.45, 2.75) is 19.4 Å². The van der Waals surface area contributed by atoms with Gasteiger partial charge in [-0.3, -0.25) is 4.79 Å². The molecule has 110 valence electrons. The summed E-state index contributed by atoms with van der Waals surface area (Å²) in [6.07, 6.45) is 0.211. The topological polar surface area (TPSA) is 49.8 Å². The Labute approximate surface area is 125 Å². The average molecular weight is 346 g/mol. The number of aliphatic hydroxyl groups is 1. The van der Waals surface area contributed by atoms with Crippen LogP contribution >= 0.6 is 15.9 Å². The van der Waals surface area contributed by atoms with Gasteiger partial charge in [-0.15, -0.1) is 0 Å². The molecule has 20 heavy (non-hydrogen) atoms. The highest BCUT2D eigenvalue weighted by atomic mass is 79.9. The molecule has 1 aromatic carbocycles. The Bertz CT molecular complexity index is 497. The first-order valence-electron chi connectivity index (χ1n) is 6.51. The van der Waals surface area contributed by atoms with Gasteiger partial charge in [0.1, 0.15) is 0 Å². The lowest BCUT2D eigenvalue weighted by atomic mass is 9.97. The van der Waals surface area contributed by atoms with E-state index in [-0.39, 0.29) is 30.3 Å². The molecule has 1 heterocycles. The van der Waals surface area contributed by atoms with Gasteiger partial charge in [0.05, 0.1) is 6.10 Å². The lowest BCUT2D eigenvalue weighted by molar-refractivity contribution is -0.136. The van der Waals surface area contributed by atoms with Gasteiger partial charge in [-0.05, 0) is 30.5 Å². The van der Waals surface area contributed by atoms with Crippen molar-refractivity contribution in [3.63, 3.8) is 0 Å². The van der Waals surface area contributed by atoms with Crippen molar-refractivity contribution in [1.29, 1.82) is 0 Å². The van der Waals surface area contributed by atoms with E-state index in [1.54, 1.807) is 11.0 Å². The van der Waals surface area contributed by atoms with Gasteiger partial charge in [0.25, 0.3) is 5.91 Å². The summed E-state index contributed by atoms with van der Waals surface area (Å²) in [4.78, 5) is 13.6. The summed E-state index contributed by atoms with van der Waals surface area (Å²) in [5.41, 5.74) is 0. The predicted molar refractivity (Wildman–Crippen MR) is 76.0 cm³/mol. The fourth-order valence-corrected chi connectivity index (χ4v) is 2.52. The summed E-state index contributed by atoms with van der Waals surface area (Å²) >= 11 is 3.16. The van der Waals surface area contributed by atoms with Crippen LogP contribution in [0.25, 0.3) is 0 Å². The minimum atomic E-state index is -0.505. The van der Waals surface area contributed by atoms with Gasteiger partial charge in [0.15, 0.2) is 18.2 Å². The number of hydrogen-bond acceptors (Lipinski definition) is 3. The van der Waals surface area contributed by atoms with E-state index in [4.69, 9.17) is 4.74 Å². The predicted octanol–water partition coefficient (Wildman–Crippen LogP) is 2.20. The Balaban J connectivity index is 1.89. The first-order valence-corrected chi connectivity index (χ1v) is 7.30. The molecule has 2 rings (SSSR count). The number of benzene rings is 1. The maximum atomic E-state index is 13.5. The molecule has 0 spiro atoms. The van der Waals surface area contributed by atoms with Crippen molar-refractivity contribution < 1.29 is 19.0 Å². The van der Waals surface area contributed by atoms with E-state index in [0.717, 1.165) is 0 Å². The van der Waals surface area contributed by atoms with Crippen LogP contribution in [0.4, 0.5) is 4.39 Å². The third-order valence-corrected chi connectivity index (χ3v) is 3.95. The number of carbonyl (C=O) groups is 1. The van der Waals surface area contributed by atoms with E-state index >= 15 is 0 Å². The van der Waals surface area contributed by atoms with E-state index in [0.29, 0.717) is 24.0 Å². The van der Waals surface area contributed by atoms with Crippen LogP contribution in [0.5, 0.6) is 5.75 Å². The molecule has 1 N–H and O–H groups in total. The molecule has 4 nitrogen and oxygen atoms in total. The summed E-state index contributed by atoms with van der Waals surface area (Å²) in [6, 6.07) is 4.43. The van der Waals surface area contributed by atoms with Crippen molar-refractivity contribution >= 4 is 21.8 Å². The number of rotatable bonds is 3. The molecule has 1 amide bonds. The standard InChI is InChI=1S/C14H17BrFNO3/c1-9-7-17(5-4-12(9)18)14(19)8-20-13-3-2-10(15)6-11(13)16/h2-3,6,9,12,18H,4-5,7-8H2,1H3. The maximum Gasteiger partial charge on any atom is 0.260 e. The quantitative estimate of drug-likeness (QED) is 0.913. The van der Waals surface area contributed by atoms with Crippen LogP contribution in [-0.2, 0) is 4.79 Å². The average Bonchev–Trinajstić information content (AvgIpc) is 2.40. The fraction of sp³-hybridized carbons (Fsp3) is 0.500. The van der Waals surface area contributed by atoms with Crippen molar-refractivity contribution in [2.24, 2.45) is 5.92 Å². The second-order valence-corrected chi connectivity index (χ2v) is 5.95. The molecule has 0 saturated carbocycles. The number of hydrogen-bond donors (Lipinski definition) is 1. The number of carbonyl (C=O) groups excluding carboxylic acids is 1. The first kappa shape index (κ1) is 15.3. The zero-order valence-corrected chi connectivity index (χ0v) is 12.8. The Hall–Kier alpha value is -1.14. The largest absolute Gasteiger partial charge is 0.481 e. The van der Waals surface area contributed by atoms with E-state index in [1.807, 2.05) is 6.92 Å². The zero-order valence-electron chi connectivity index (χ0n) is 11.2. The molecular weight excluding hydrogens is 329 g/mol. The molecule has 1 aliphatic heterocycles. The summed E-state index contributed by atoms with van der Waals surface area (Å²) in [5.74, 6) is -0.579. The van der Waals surface area contributed by atoms with Crippen LogP contribution in [0.3, 0.4) is 0 Å². The minimum absolute atomic E-state index is 0.0529. The maximum absolute atomic E-state index is 13.5. The summed E-state index contributed by atoms with van der Waals surface area (Å²) in [6.45, 7) is 2.73. The first-order chi connectivity index (χ1) is 9.47. The van der Waals surface area contributed by atoms with Gasteiger partial charge in [-0.2, -0.15) is 0 Å². The Kier molecular flexibility index (Phi) is 4.99. The SMILES string of the molecule is CC1CN(C(=O)COc2ccc(Br)cc2F)CCC1O. The third kappa shape index (κ3) is 3.70. The van der Waals surface area contributed by atoms with Gasteiger partial charge in [-0.25, -0.2) is 4.39 Å². The normalized spacial score (nSPS) is 22.7. The third-order valence-electron chi connectivity index (χ3n) is 3.46. The second-order valence-electron chi connectivity index (χ2n) is 5.04. The fourth-order valence-electron chi connectivity index (χ4n) is 2.18. The summed E-state index contributed by atoms with van der Waals surface area (Å²) in [7, 11) is 0. The molecule has 0 aromatic heterocycles. The molecule has 6 heteroatoms. The minimum Gasteiger partial charge on any atom is -0.481 e. The Morgan fingerprint density at radius 3 is 3.00 bits per heavy atom. The molecule has 2 atom stereocenters. The molecule has 1 aliphatic rings. The molecule has 0 bridgehead atoms. The summed E-state index contributed by atoms with van der Waals surface area (Å²) in [5, 5.41) is 9.62. The van der Waals surface area contributed by atoms with E-state index in [2.05, 4.69) is 15.9 Å².